The molecule has 0 heterocycles. The van der Waals surface area contributed by atoms with Gasteiger partial charge in [0.15, 0.2) is 5.11 Å². The van der Waals surface area contributed by atoms with Crippen molar-refractivity contribution in [3.8, 4) is 17.2 Å². The molecule has 140 valence electrons. The zero-order valence-corrected chi connectivity index (χ0v) is 15.4. The molecule has 26 heavy (non-hydrogen) atoms. The zero-order valence-electron chi connectivity index (χ0n) is 14.6. The maximum absolute atomic E-state index is 12.2. The highest BCUT2D eigenvalue weighted by Gasteiger charge is 2.14. The van der Waals surface area contributed by atoms with Crippen LogP contribution < -0.4 is 24.8 Å². The monoisotopic (exact) mass is 382 g/mol. The highest BCUT2D eigenvalue weighted by Crippen LogP contribution is 2.29. The van der Waals surface area contributed by atoms with E-state index < -0.39 is 6.61 Å². The van der Waals surface area contributed by atoms with E-state index in [4.69, 9.17) is 21.7 Å². The number of alkyl halides is 2. The number of hydrogen-bond donors (Lipinski definition) is 2. The van der Waals surface area contributed by atoms with Crippen LogP contribution >= 0.6 is 12.2 Å². The molecule has 0 unspecified atom stereocenters. The van der Waals surface area contributed by atoms with Crippen LogP contribution in [0.3, 0.4) is 0 Å². The molecular formula is C18H20F2N2O3S. The van der Waals surface area contributed by atoms with Gasteiger partial charge < -0.3 is 24.8 Å². The van der Waals surface area contributed by atoms with Crippen molar-refractivity contribution in [2.24, 2.45) is 0 Å². The highest BCUT2D eigenvalue weighted by molar-refractivity contribution is 7.80. The van der Waals surface area contributed by atoms with Crippen LogP contribution in [0.1, 0.15) is 18.5 Å². The number of rotatable bonds is 7. The minimum Gasteiger partial charge on any atom is -0.497 e. The van der Waals surface area contributed by atoms with Gasteiger partial charge in [-0.25, -0.2) is 0 Å². The second-order valence-electron chi connectivity index (χ2n) is 5.33. The summed E-state index contributed by atoms with van der Waals surface area (Å²) >= 11 is 5.31. The first-order valence-corrected chi connectivity index (χ1v) is 8.18. The molecule has 0 amide bonds. The lowest BCUT2D eigenvalue weighted by atomic mass is 10.1. The van der Waals surface area contributed by atoms with E-state index in [0.29, 0.717) is 22.3 Å². The topological polar surface area (TPSA) is 51.8 Å². The molecule has 2 aromatic carbocycles. The molecule has 2 N–H and O–H groups in total. The summed E-state index contributed by atoms with van der Waals surface area (Å²) in [6.45, 7) is -0.916. The number of nitrogens with one attached hydrogen (secondary N) is 2. The number of anilines is 1. The van der Waals surface area contributed by atoms with Crippen LogP contribution in [-0.4, -0.2) is 25.9 Å². The summed E-state index contributed by atoms with van der Waals surface area (Å²) in [6.07, 6.45) is 0. The molecule has 0 saturated carbocycles. The van der Waals surface area contributed by atoms with Crippen molar-refractivity contribution in [3.63, 3.8) is 0 Å². The van der Waals surface area contributed by atoms with Crippen molar-refractivity contribution in [2.75, 3.05) is 19.5 Å². The van der Waals surface area contributed by atoms with Gasteiger partial charge in [-0.1, -0.05) is 0 Å². The number of hydrogen-bond acceptors (Lipinski definition) is 4. The number of ether oxygens (including phenoxy) is 3. The first kappa shape index (κ1) is 19.7. The van der Waals surface area contributed by atoms with E-state index in [0.717, 1.165) is 5.56 Å². The van der Waals surface area contributed by atoms with Gasteiger partial charge in [-0.3, -0.25) is 0 Å². The quantitative estimate of drug-likeness (QED) is 0.695. The number of thiocarbonyl (C=S) groups is 1. The van der Waals surface area contributed by atoms with Crippen LogP contribution in [0.2, 0.25) is 0 Å². The van der Waals surface area contributed by atoms with E-state index in [2.05, 4.69) is 15.4 Å². The van der Waals surface area contributed by atoms with Gasteiger partial charge in [0.2, 0.25) is 0 Å². The van der Waals surface area contributed by atoms with Gasteiger partial charge in [0.1, 0.15) is 17.2 Å². The number of halogens is 2. The minimum absolute atomic E-state index is 0.0823. The second kappa shape index (κ2) is 9.19. The lowest BCUT2D eigenvalue weighted by Gasteiger charge is -2.20. The summed E-state index contributed by atoms with van der Waals surface area (Å²) in [5, 5.41) is 6.52. The molecule has 5 nitrogen and oxygen atoms in total. The van der Waals surface area contributed by atoms with Crippen molar-refractivity contribution >= 4 is 23.0 Å². The van der Waals surface area contributed by atoms with E-state index in [9.17, 15) is 8.78 Å². The maximum atomic E-state index is 12.2. The molecule has 0 fully saturated rings. The molecule has 0 spiro atoms. The third kappa shape index (κ3) is 5.45. The minimum atomic E-state index is -2.85. The van der Waals surface area contributed by atoms with Crippen LogP contribution in [0.5, 0.6) is 17.2 Å². The Labute approximate surface area is 156 Å². The summed E-state index contributed by atoms with van der Waals surface area (Å²) in [5.74, 6) is 1.50. The summed E-state index contributed by atoms with van der Waals surface area (Å²) in [5.41, 5.74) is 1.53. The van der Waals surface area contributed by atoms with E-state index in [1.165, 1.54) is 12.1 Å². The van der Waals surface area contributed by atoms with Crippen molar-refractivity contribution in [1.29, 1.82) is 0 Å². The van der Waals surface area contributed by atoms with Gasteiger partial charge in [0.05, 0.1) is 20.3 Å². The lowest BCUT2D eigenvalue weighted by molar-refractivity contribution is -0.0498. The van der Waals surface area contributed by atoms with E-state index in [-0.39, 0.29) is 11.8 Å². The van der Waals surface area contributed by atoms with Crippen molar-refractivity contribution in [3.05, 3.63) is 48.0 Å². The smallest absolute Gasteiger partial charge is 0.387 e. The maximum Gasteiger partial charge on any atom is 0.387 e. The summed E-state index contributed by atoms with van der Waals surface area (Å²) in [6, 6.07) is 11.4. The van der Waals surface area contributed by atoms with Gasteiger partial charge in [0, 0.05) is 11.3 Å². The Morgan fingerprint density at radius 2 is 1.65 bits per heavy atom. The fourth-order valence-electron chi connectivity index (χ4n) is 2.34. The fraction of sp³-hybridized carbons (Fsp3) is 0.278. The molecule has 0 radical (unpaired) electrons. The van der Waals surface area contributed by atoms with Crippen LogP contribution in [0.4, 0.5) is 14.5 Å². The molecule has 0 aliphatic rings. The Hall–Kier alpha value is -2.61. The Morgan fingerprint density at radius 3 is 2.23 bits per heavy atom. The van der Waals surface area contributed by atoms with Gasteiger partial charge in [-0.15, -0.1) is 0 Å². The Morgan fingerprint density at radius 1 is 1.00 bits per heavy atom. The van der Waals surface area contributed by atoms with Crippen molar-refractivity contribution in [1.82, 2.24) is 5.32 Å². The molecule has 0 saturated heterocycles. The first-order chi connectivity index (χ1) is 12.4. The number of benzene rings is 2. The molecule has 8 heteroatoms. The predicted molar refractivity (Wildman–Crippen MR) is 100 cm³/mol. The average Bonchev–Trinajstić information content (AvgIpc) is 2.62. The Balaban J connectivity index is 2.01. The molecule has 1 atom stereocenters. The molecule has 2 rings (SSSR count). The first-order valence-electron chi connectivity index (χ1n) is 7.77. The average molecular weight is 382 g/mol. The summed E-state index contributed by atoms with van der Waals surface area (Å²) < 4.78 is 39.3. The van der Waals surface area contributed by atoms with Crippen LogP contribution in [-0.2, 0) is 0 Å². The normalized spacial score (nSPS) is 11.6. The molecule has 0 aromatic heterocycles. The largest absolute Gasteiger partial charge is 0.497 e. The van der Waals surface area contributed by atoms with Crippen molar-refractivity contribution in [2.45, 2.75) is 19.6 Å². The molecule has 0 aliphatic carbocycles. The van der Waals surface area contributed by atoms with Gasteiger partial charge in [-0.05, 0) is 61.6 Å². The van der Waals surface area contributed by atoms with Gasteiger partial charge in [-0.2, -0.15) is 8.78 Å². The van der Waals surface area contributed by atoms with E-state index >= 15 is 0 Å². The van der Waals surface area contributed by atoms with Gasteiger partial charge >= 0.3 is 6.61 Å². The molecule has 0 bridgehead atoms. The van der Waals surface area contributed by atoms with Crippen LogP contribution in [0.25, 0.3) is 0 Å². The van der Waals surface area contributed by atoms with E-state index in [1.807, 2.05) is 25.1 Å². The molecule has 2 aromatic rings. The van der Waals surface area contributed by atoms with Gasteiger partial charge in [0.25, 0.3) is 0 Å². The number of methoxy groups -OCH3 is 2. The standard InChI is InChI=1S/C18H20F2N2O3S/c1-11(15-10-14(23-2)8-9-16(15)24-3)21-18(26)22-12-4-6-13(7-5-12)25-17(19)20/h4-11,17H,1-3H3,(H2,21,22,26)/t11-/m1/s1. The Bertz CT molecular complexity index is 742. The fourth-order valence-corrected chi connectivity index (χ4v) is 2.63. The molecule has 0 aliphatic heterocycles. The zero-order chi connectivity index (χ0) is 19.1. The third-order valence-corrected chi connectivity index (χ3v) is 3.81. The molecular weight excluding hydrogens is 362 g/mol. The highest BCUT2D eigenvalue weighted by atomic mass is 32.1. The summed E-state index contributed by atoms with van der Waals surface area (Å²) in [4.78, 5) is 0. The predicted octanol–water partition coefficient (Wildman–Crippen LogP) is 4.35. The van der Waals surface area contributed by atoms with Crippen molar-refractivity contribution < 1.29 is 23.0 Å². The second-order valence-corrected chi connectivity index (χ2v) is 5.74. The Kier molecular flexibility index (Phi) is 6.97. The third-order valence-electron chi connectivity index (χ3n) is 3.59. The van der Waals surface area contributed by atoms with E-state index in [1.54, 1.807) is 26.4 Å². The van der Waals surface area contributed by atoms with Crippen LogP contribution in [0, 0.1) is 0 Å². The lowest BCUT2D eigenvalue weighted by Crippen LogP contribution is -2.31. The summed E-state index contributed by atoms with van der Waals surface area (Å²) in [7, 11) is 3.19. The SMILES string of the molecule is COc1ccc(OC)c([C@@H](C)NC(=S)Nc2ccc(OC(F)F)cc2)c1. The van der Waals surface area contributed by atoms with Crippen LogP contribution in [0.15, 0.2) is 42.5 Å².